The second kappa shape index (κ2) is 5.91. The number of rotatable bonds is 5. The van der Waals surface area contributed by atoms with Gasteiger partial charge in [0.25, 0.3) is 0 Å². The first-order chi connectivity index (χ1) is 8.15. The molecular formula is C11H14ClN3S2. The van der Waals surface area contributed by atoms with Crippen LogP contribution < -0.4 is 5.32 Å². The van der Waals surface area contributed by atoms with Crippen LogP contribution in [0.25, 0.3) is 9.88 Å². The molecule has 0 saturated carbocycles. The molecule has 0 unspecified atom stereocenters. The molecule has 0 amide bonds. The van der Waals surface area contributed by atoms with Gasteiger partial charge in [0, 0.05) is 19.0 Å². The summed E-state index contributed by atoms with van der Waals surface area (Å²) in [5.41, 5.74) is 0. The summed E-state index contributed by atoms with van der Waals surface area (Å²) < 4.78 is 0.790. The van der Waals surface area contributed by atoms with Crippen LogP contribution in [0.5, 0.6) is 0 Å². The standard InChI is InChI=1S/C11H14ClN3S2/c1-7(2)13-6-5-10-14-15-11(17-10)8-3-4-9(12)16-8/h3-4,7,13H,5-6H2,1-2H3. The third kappa shape index (κ3) is 3.74. The highest BCUT2D eigenvalue weighted by molar-refractivity contribution is 7.23. The monoisotopic (exact) mass is 287 g/mol. The van der Waals surface area contributed by atoms with Crippen molar-refractivity contribution in [2.75, 3.05) is 6.54 Å². The number of thiophene rings is 1. The number of nitrogens with one attached hydrogen (secondary N) is 1. The molecule has 0 aliphatic rings. The summed E-state index contributed by atoms with van der Waals surface area (Å²) in [4.78, 5) is 1.09. The molecular weight excluding hydrogens is 274 g/mol. The van der Waals surface area contributed by atoms with Crippen molar-refractivity contribution >= 4 is 34.3 Å². The molecule has 2 aromatic heterocycles. The Morgan fingerprint density at radius 1 is 1.29 bits per heavy atom. The van der Waals surface area contributed by atoms with E-state index in [4.69, 9.17) is 11.6 Å². The molecule has 0 atom stereocenters. The molecule has 2 aromatic rings. The van der Waals surface area contributed by atoms with Crippen molar-refractivity contribution in [1.82, 2.24) is 15.5 Å². The Bertz CT molecular complexity index is 479. The average Bonchev–Trinajstić information content (AvgIpc) is 2.86. The van der Waals surface area contributed by atoms with Crippen molar-refractivity contribution in [1.29, 1.82) is 0 Å². The van der Waals surface area contributed by atoms with Gasteiger partial charge in [0.05, 0.1) is 9.21 Å². The highest BCUT2D eigenvalue weighted by Crippen LogP contribution is 2.32. The lowest BCUT2D eigenvalue weighted by atomic mass is 10.3. The second-order valence-electron chi connectivity index (χ2n) is 3.96. The van der Waals surface area contributed by atoms with Crippen LogP contribution in [-0.4, -0.2) is 22.8 Å². The zero-order valence-electron chi connectivity index (χ0n) is 9.74. The van der Waals surface area contributed by atoms with Crippen molar-refractivity contribution in [3.63, 3.8) is 0 Å². The fraction of sp³-hybridized carbons (Fsp3) is 0.455. The fourth-order valence-corrected chi connectivity index (χ4v) is 3.28. The van der Waals surface area contributed by atoms with Gasteiger partial charge in [-0.05, 0) is 12.1 Å². The van der Waals surface area contributed by atoms with Crippen LogP contribution in [0.2, 0.25) is 4.34 Å². The number of nitrogens with zero attached hydrogens (tertiary/aromatic N) is 2. The smallest absolute Gasteiger partial charge is 0.157 e. The van der Waals surface area contributed by atoms with E-state index in [9.17, 15) is 0 Å². The molecule has 0 spiro atoms. The van der Waals surface area contributed by atoms with E-state index >= 15 is 0 Å². The molecule has 3 nitrogen and oxygen atoms in total. The average molecular weight is 288 g/mol. The third-order valence-corrected chi connectivity index (χ3v) is 4.53. The van der Waals surface area contributed by atoms with Gasteiger partial charge in [-0.1, -0.05) is 36.8 Å². The molecule has 0 aliphatic heterocycles. The Hall–Kier alpha value is -0.490. The zero-order chi connectivity index (χ0) is 12.3. The maximum absolute atomic E-state index is 5.90. The van der Waals surface area contributed by atoms with E-state index in [1.54, 1.807) is 22.7 Å². The van der Waals surface area contributed by atoms with Crippen molar-refractivity contribution in [2.45, 2.75) is 26.3 Å². The minimum atomic E-state index is 0.512. The number of hydrogen-bond acceptors (Lipinski definition) is 5. The van der Waals surface area contributed by atoms with Crippen LogP contribution in [0.1, 0.15) is 18.9 Å². The summed E-state index contributed by atoms with van der Waals surface area (Å²) in [7, 11) is 0. The molecule has 2 rings (SSSR count). The van der Waals surface area contributed by atoms with E-state index < -0.39 is 0 Å². The summed E-state index contributed by atoms with van der Waals surface area (Å²) in [5, 5.41) is 13.8. The predicted octanol–water partition coefficient (Wildman–Crippen LogP) is 3.46. The van der Waals surface area contributed by atoms with Crippen LogP contribution in [0.3, 0.4) is 0 Å². The second-order valence-corrected chi connectivity index (χ2v) is 6.74. The minimum absolute atomic E-state index is 0.512. The highest BCUT2D eigenvalue weighted by atomic mass is 35.5. The highest BCUT2D eigenvalue weighted by Gasteiger charge is 2.08. The van der Waals surface area contributed by atoms with Gasteiger partial charge in [0.15, 0.2) is 5.01 Å². The van der Waals surface area contributed by atoms with E-state index in [-0.39, 0.29) is 0 Å². The number of halogens is 1. The first-order valence-corrected chi connectivity index (χ1v) is 7.47. The number of hydrogen-bond donors (Lipinski definition) is 1. The Kier molecular flexibility index (Phi) is 4.50. The van der Waals surface area contributed by atoms with Crippen molar-refractivity contribution < 1.29 is 0 Å². The van der Waals surface area contributed by atoms with E-state index in [0.717, 1.165) is 32.2 Å². The first kappa shape index (κ1) is 13.0. The summed E-state index contributed by atoms with van der Waals surface area (Å²) in [6.07, 6.45) is 0.926. The normalized spacial score (nSPS) is 11.3. The Morgan fingerprint density at radius 3 is 2.76 bits per heavy atom. The largest absolute Gasteiger partial charge is 0.314 e. The van der Waals surface area contributed by atoms with Gasteiger partial charge in [-0.25, -0.2) is 0 Å². The molecule has 1 N–H and O–H groups in total. The lowest BCUT2D eigenvalue weighted by molar-refractivity contribution is 0.588. The Labute approximate surface area is 114 Å². The van der Waals surface area contributed by atoms with E-state index in [0.29, 0.717) is 6.04 Å². The molecule has 92 valence electrons. The lowest BCUT2D eigenvalue weighted by Crippen LogP contribution is -2.24. The van der Waals surface area contributed by atoms with E-state index in [2.05, 4.69) is 29.4 Å². The van der Waals surface area contributed by atoms with Gasteiger partial charge in [-0.2, -0.15) is 0 Å². The quantitative estimate of drug-likeness (QED) is 0.915. The molecule has 0 aromatic carbocycles. The fourth-order valence-electron chi connectivity index (χ4n) is 1.35. The van der Waals surface area contributed by atoms with Crippen LogP contribution in [0.4, 0.5) is 0 Å². The van der Waals surface area contributed by atoms with Gasteiger partial charge in [0.2, 0.25) is 0 Å². The summed E-state index contributed by atoms with van der Waals surface area (Å²) in [5.74, 6) is 0. The SMILES string of the molecule is CC(C)NCCc1nnc(-c2ccc(Cl)s2)s1. The summed E-state index contributed by atoms with van der Waals surface area (Å²) in [6, 6.07) is 4.39. The van der Waals surface area contributed by atoms with Crippen LogP contribution in [0, 0.1) is 0 Å². The minimum Gasteiger partial charge on any atom is -0.314 e. The molecule has 17 heavy (non-hydrogen) atoms. The molecule has 0 bridgehead atoms. The zero-order valence-corrected chi connectivity index (χ0v) is 12.1. The topological polar surface area (TPSA) is 37.8 Å². The van der Waals surface area contributed by atoms with Gasteiger partial charge in [-0.3, -0.25) is 0 Å². The molecule has 0 saturated heterocycles. The van der Waals surface area contributed by atoms with Crippen LogP contribution in [-0.2, 0) is 6.42 Å². The molecule has 2 heterocycles. The van der Waals surface area contributed by atoms with Crippen LogP contribution in [0.15, 0.2) is 12.1 Å². The van der Waals surface area contributed by atoms with Crippen molar-refractivity contribution in [3.05, 3.63) is 21.5 Å². The van der Waals surface area contributed by atoms with Gasteiger partial charge < -0.3 is 5.32 Å². The lowest BCUT2D eigenvalue weighted by Gasteiger charge is -2.04. The number of aromatic nitrogens is 2. The van der Waals surface area contributed by atoms with Crippen molar-refractivity contribution in [3.8, 4) is 9.88 Å². The predicted molar refractivity (Wildman–Crippen MR) is 75.1 cm³/mol. The molecule has 0 aliphatic carbocycles. The van der Waals surface area contributed by atoms with Gasteiger partial charge >= 0.3 is 0 Å². The third-order valence-electron chi connectivity index (χ3n) is 2.14. The van der Waals surface area contributed by atoms with Crippen LogP contribution >= 0.6 is 34.3 Å². The summed E-state index contributed by atoms with van der Waals surface area (Å²) in [6.45, 7) is 5.22. The molecule has 6 heteroatoms. The molecule has 0 fully saturated rings. The Balaban J connectivity index is 1.96. The van der Waals surface area contributed by atoms with E-state index in [1.165, 1.54) is 0 Å². The van der Waals surface area contributed by atoms with Gasteiger partial charge in [-0.15, -0.1) is 21.5 Å². The van der Waals surface area contributed by atoms with E-state index in [1.807, 2.05) is 12.1 Å². The van der Waals surface area contributed by atoms with Gasteiger partial charge in [0.1, 0.15) is 5.01 Å². The first-order valence-electron chi connectivity index (χ1n) is 5.46. The maximum atomic E-state index is 5.90. The van der Waals surface area contributed by atoms with Crippen molar-refractivity contribution in [2.24, 2.45) is 0 Å². The summed E-state index contributed by atoms with van der Waals surface area (Å²) >= 11 is 9.08. The Morgan fingerprint density at radius 2 is 2.12 bits per heavy atom. The molecule has 0 radical (unpaired) electrons. The maximum Gasteiger partial charge on any atom is 0.157 e.